The minimum Gasteiger partial charge on any atom is -0.380 e. The van der Waals surface area contributed by atoms with Crippen LogP contribution in [0, 0.1) is 0 Å². The predicted molar refractivity (Wildman–Crippen MR) is 53.1 cm³/mol. The molecule has 2 rings (SSSR count). The number of imide groups is 1. The third kappa shape index (κ3) is 2.35. The number of hydrogen-bond donors (Lipinski definition) is 2. The zero-order chi connectivity index (χ0) is 10.9. The first kappa shape index (κ1) is 10.6. The molecular weight excluding hydrogens is 196 g/mol. The van der Waals surface area contributed by atoms with E-state index >= 15 is 0 Å². The lowest BCUT2D eigenvalue weighted by Gasteiger charge is -2.36. The SMILES string of the molecule is CC1(NC2CC(=O)NC2=O)CCCOC1. The Morgan fingerprint density at radius 3 is 2.87 bits per heavy atom. The van der Waals surface area contributed by atoms with Gasteiger partial charge in [-0.05, 0) is 19.8 Å². The van der Waals surface area contributed by atoms with E-state index in [9.17, 15) is 9.59 Å². The minimum absolute atomic E-state index is 0.176. The molecule has 2 aliphatic rings. The molecule has 2 amide bonds. The number of amides is 2. The highest BCUT2D eigenvalue weighted by Gasteiger charge is 2.37. The maximum Gasteiger partial charge on any atom is 0.244 e. The van der Waals surface area contributed by atoms with Crippen LogP contribution in [0.1, 0.15) is 26.2 Å². The van der Waals surface area contributed by atoms with Gasteiger partial charge in [-0.2, -0.15) is 0 Å². The van der Waals surface area contributed by atoms with Gasteiger partial charge in [-0.3, -0.25) is 20.2 Å². The van der Waals surface area contributed by atoms with Gasteiger partial charge in [0.2, 0.25) is 11.8 Å². The van der Waals surface area contributed by atoms with Crippen LogP contribution in [0.3, 0.4) is 0 Å². The second-order valence-corrected chi connectivity index (χ2v) is 4.53. The molecular formula is C10H16N2O3. The quantitative estimate of drug-likeness (QED) is 0.609. The molecule has 0 saturated carbocycles. The Labute approximate surface area is 88.5 Å². The van der Waals surface area contributed by atoms with Gasteiger partial charge in [-0.25, -0.2) is 0 Å². The highest BCUT2D eigenvalue weighted by Crippen LogP contribution is 2.20. The van der Waals surface area contributed by atoms with Gasteiger partial charge in [0.25, 0.3) is 0 Å². The topological polar surface area (TPSA) is 67.4 Å². The Kier molecular flexibility index (Phi) is 2.75. The van der Waals surface area contributed by atoms with Crippen LogP contribution in [-0.2, 0) is 14.3 Å². The average molecular weight is 212 g/mol. The van der Waals surface area contributed by atoms with E-state index in [4.69, 9.17) is 4.74 Å². The second kappa shape index (κ2) is 3.90. The molecule has 2 heterocycles. The standard InChI is InChI=1S/C10H16N2O3/c1-10(3-2-4-15-6-10)12-7-5-8(13)11-9(7)14/h7,12H,2-6H2,1H3,(H,11,13,14). The largest absolute Gasteiger partial charge is 0.380 e. The molecule has 0 aromatic carbocycles. The Morgan fingerprint density at radius 2 is 2.33 bits per heavy atom. The summed E-state index contributed by atoms with van der Waals surface area (Å²) in [6, 6.07) is -0.385. The van der Waals surface area contributed by atoms with E-state index in [0.29, 0.717) is 6.61 Å². The molecule has 2 saturated heterocycles. The normalized spacial score (nSPS) is 36.7. The number of ether oxygens (including phenoxy) is 1. The summed E-state index contributed by atoms with van der Waals surface area (Å²) in [5, 5.41) is 5.51. The molecule has 2 fully saturated rings. The van der Waals surface area contributed by atoms with Crippen LogP contribution in [-0.4, -0.2) is 36.6 Å². The fourth-order valence-electron chi connectivity index (χ4n) is 2.14. The van der Waals surface area contributed by atoms with Crippen molar-refractivity contribution >= 4 is 11.8 Å². The van der Waals surface area contributed by atoms with Crippen molar-refractivity contribution in [2.45, 2.75) is 37.8 Å². The summed E-state index contributed by atoms with van der Waals surface area (Å²) in [4.78, 5) is 22.4. The molecule has 0 radical (unpaired) electrons. The van der Waals surface area contributed by atoms with Crippen molar-refractivity contribution < 1.29 is 14.3 Å². The van der Waals surface area contributed by atoms with Crippen LogP contribution in [0.15, 0.2) is 0 Å². The van der Waals surface area contributed by atoms with Gasteiger partial charge in [0.05, 0.1) is 19.1 Å². The van der Waals surface area contributed by atoms with E-state index in [1.165, 1.54) is 0 Å². The molecule has 2 unspecified atom stereocenters. The summed E-state index contributed by atoms with van der Waals surface area (Å²) in [7, 11) is 0. The summed E-state index contributed by atoms with van der Waals surface area (Å²) < 4.78 is 5.38. The van der Waals surface area contributed by atoms with Crippen LogP contribution < -0.4 is 10.6 Å². The van der Waals surface area contributed by atoms with Gasteiger partial charge in [0, 0.05) is 12.1 Å². The first-order valence-electron chi connectivity index (χ1n) is 5.28. The lowest BCUT2D eigenvalue weighted by atomic mass is 9.93. The predicted octanol–water partition coefficient (Wildman–Crippen LogP) is -0.440. The molecule has 5 heteroatoms. The fraction of sp³-hybridized carbons (Fsp3) is 0.800. The Bertz CT molecular complexity index is 284. The summed E-state index contributed by atoms with van der Waals surface area (Å²) in [5.74, 6) is -0.412. The highest BCUT2D eigenvalue weighted by atomic mass is 16.5. The molecule has 0 aromatic heterocycles. The van der Waals surface area contributed by atoms with Gasteiger partial charge in [0.1, 0.15) is 0 Å². The lowest BCUT2D eigenvalue weighted by Crippen LogP contribution is -2.55. The maximum atomic E-state index is 11.4. The molecule has 2 N–H and O–H groups in total. The van der Waals surface area contributed by atoms with E-state index in [1.54, 1.807) is 0 Å². The summed E-state index contributed by atoms with van der Waals surface area (Å²) >= 11 is 0. The second-order valence-electron chi connectivity index (χ2n) is 4.53. The molecule has 84 valence electrons. The van der Waals surface area contributed by atoms with Crippen molar-refractivity contribution in [3.05, 3.63) is 0 Å². The monoisotopic (exact) mass is 212 g/mol. The van der Waals surface area contributed by atoms with Crippen molar-refractivity contribution in [2.24, 2.45) is 0 Å². The zero-order valence-corrected chi connectivity index (χ0v) is 8.84. The van der Waals surface area contributed by atoms with Crippen molar-refractivity contribution in [3.8, 4) is 0 Å². The third-order valence-corrected chi connectivity index (χ3v) is 2.93. The van der Waals surface area contributed by atoms with Crippen molar-refractivity contribution in [1.29, 1.82) is 0 Å². The molecule has 0 spiro atoms. The smallest absolute Gasteiger partial charge is 0.244 e. The number of carbonyl (C=O) groups is 2. The highest BCUT2D eigenvalue weighted by molar-refractivity contribution is 6.05. The summed E-state index contributed by atoms with van der Waals surface area (Å²) in [6.45, 7) is 3.42. The molecule has 0 aliphatic carbocycles. The summed E-state index contributed by atoms with van der Waals surface area (Å²) in [6.07, 6.45) is 2.21. The van der Waals surface area contributed by atoms with Crippen LogP contribution in [0.4, 0.5) is 0 Å². The number of hydrogen-bond acceptors (Lipinski definition) is 4. The molecule has 0 bridgehead atoms. The lowest BCUT2D eigenvalue weighted by molar-refractivity contribution is -0.125. The molecule has 0 aromatic rings. The Balaban J connectivity index is 1.95. The molecule has 5 nitrogen and oxygen atoms in total. The van der Waals surface area contributed by atoms with E-state index < -0.39 is 0 Å². The van der Waals surface area contributed by atoms with E-state index in [1.807, 2.05) is 6.92 Å². The zero-order valence-electron chi connectivity index (χ0n) is 8.84. The van der Waals surface area contributed by atoms with Crippen molar-refractivity contribution in [3.63, 3.8) is 0 Å². The van der Waals surface area contributed by atoms with Gasteiger partial charge in [-0.15, -0.1) is 0 Å². The minimum atomic E-state index is -0.385. The van der Waals surface area contributed by atoms with Crippen LogP contribution in [0.2, 0.25) is 0 Å². The van der Waals surface area contributed by atoms with Crippen LogP contribution in [0.25, 0.3) is 0 Å². The number of rotatable bonds is 2. The molecule has 2 atom stereocenters. The maximum absolute atomic E-state index is 11.4. The van der Waals surface area contributed by atoms with Gasteiger partial charge >= 0.3 is 0 Å². The van der Waals surface area contributed by atoms with Gasteiger partial charge in [0.15, 0.2) is 0 Å². The first-order valence-corrected chi connectivity index (χ1v) is 5.28. The number of nitrogens with one attached hydrogen (secondary N) is 2. The molecule has 15 heavy (non-hydrogen) atoms. The third-order valence-electron chi connectivity index (χ3n) is 2.93. The fourth-order valence-corrected chi connectivity index (χ4v) is 2.14. The van der Waals surface area contributed by atoms with Crippen LogP contribution >= 0.6 is 0 Å². The Morgan fingerprint density at radius 1 is 1.53 bits per heavy atom. The molecule has 2 aliphatic heterocycles. The first-order chi connectivity index (χ1) is 7.09. The summed E-state index contributed by atoms with van der Waals surface area (Å²) in [5.41, 5.74) is -0.176. The van der Waals surface area contributed by atoms with Crippen molar-refractivity contribution in [1.82, 2.24) is 10.6 Å². The van der Waals surface area contributed by atoms with E-state index in [-0.39, 0.29) is 29.8 Å². The van der Waals surface area contributed by atoms with Crippen molar-refractivity contribution in [2.75, 3.05) is 13.2 Å². The number of carbonyl (C=O) groups excluding carboxylic acids is 2. The van der Waals surface area contributed by atoms with E-state index in [2.05, 4.69) is 10.6 Å². The van der Waals surface area contributed by atoms with Crippen LogP contribution in [0.5, 0.6) is 0 Å². The average Bonchev–Trinajstić information content (AvgIpc) is 2.45. The Hall–Kier alpha value is -0.940. The van der Waals surface area contributed by atoms with Gasteiger partial charge < -0.3 is 4.74 Å². The van der Waals surface area contributed by atoms with E-state index in [0.717, 1.165) is 19.4 Å². The van der Waals surface area contributed by atoms with Gasteiger partial charge in [-0.1, -0.05) is 0 Å².